The van der Waals surface area contributed by atoms with Crippen LogP contribution >= 0.6 is 11.6 Å². The molecule has 3 N–H and O–H groups in total. The van der Waals surface area contributed by atoms with Gasteiger partial charge in [-0.3, -0.25) is 9.59 Å². The number of halogens is 1. The maximum Gasteiger partial charge on any atom is 0.229 e. The number of benzene rings is 2. The van der Waals surface area contributed by atoms with Crippen molar-refractivity contribution in [1.29, 1.82) is 0 Å². The summed E-state index contributed by atoms with van der Waals surface area (Å²) in [7, 11) is 1.56. The summed E-state index contributed by atoms with van der Waals surface area (Å²) < 4.78 is 5.52. The Labute approximate surface area is 196 Å². The molecule has 0 unspecified atom stereocenters. The number of hydrogen-bond acceptors (Lipinski definition) is 7. The fraction of sp³-hybridized carbons (Fsp3) is 0.217. The molecule has 2 aromatic carbocycles. The Morgan fingerprint density at radius 1 is 1.12 bits per heavy atom. The number of nitrogens with zero attached hydrogens (tertiary/aromatic N) is 3. The van der Waals surface area contributed by atoms with Crippen LogP contribution in [0.25, 0.3) is 0 Å². The van der Waals surface area contributed by atoms with Gasteiger partial charge in [0.15, 0.2) is 5.82 Å². The van der Waals surface area contributed by atoms with Crippen LogP contribution in [-0.2, 0) is 9.59 Å². The van der Waals surface area contributed by atoms with Crippen LogP contribution in [0, 0.1) is 0 Å². The van der Waals surface area contributed by atoms with E-state index < -0.39 is 0 Å². The Balaban J connectivity index is 1.57. The molecule has 0 bridgehead atoms. The van der Waals surface area contributed by atoms with E-state index in [1.807, 2.05) is 30.3 Å². The van der Waals surface area contributed by atoms with Crippen molar-refractivity contribution >= 4 is 57.9 Å². The first-order chi connectivity index (χ1) is 15.9. The minimum Gasteiger partial charge on any atom is -0.494 e. The van der Waals surface area contributed by atoms with Crippen LogP contribution in [-0.4, -0.2) is 35.4 Å². The highest BCUT2D eigenvalue weighted by Gasteiger charge is 2.22. The third-order valence-electron chi connectivity index (χ3n) is 5.05. The largest absolute Gasteiger partial charge is 0.494 e. The highest BCUT2D eigenvalue weighted by molar-refractivity contribution is 6.33. The maximum atomic E-state index is 12.1. The van der Waals surface area contributed by atoms with Crippen molar-refractivity contribution in [3.8, 4) is 5.75 Å². The van der Waals surface area contributed by atoms with Gasteiger partial charge in [-0.15, -0.1) is 0 Å². The molecule has 1 fully saturated rings. The molecular weight excluding hydrogens is 444 g/mol. The molecule has 0 spiro atoms. The average molecular weight is 467 g/mol. The predicted molar refractivity (Wildman–Crippen MR) is 129 cm³/mol. The third-order valence-corrected chi connectivity index (χ3v) is 5.33. The SMILES string of the molecule is COc1cc(N2CCCC2=O)ccc1Nc1ncc(Cl)c(Nc2ccccc2NC(C)=O)n1. The first-order valence-corrected chi connectivity index (χ1v) is 10.7. The third kappa shape index (κ3) is 5.15. The number of para-hydroxylation sites is 2. The molecular formula is C23H23ClN6O3. The number of anilines is 6. The van der Waals surface area contributed by atoms with Crippen molar-refractivity contribution in [3.05, 3.63) is 53.7 Å². The van der Waals surface area contributed by atoms with Gasteiger partial charge >= 0.3 is 0 Å². The fourth-order valence-electron chi connectivity index (χ4n) is 3.53. The van der Waals surface area contributed by atoms with E-state index >= 15 is 0 Å². The molecule has 0 radical (unpaired) electrons. The van der Waals surface area contributed by atoms with Crippen molar-refractivity contribution in [1.82, 2.24) is 9.97 Å². The summed E-state index contributed by atoms with van der Waals surface area (Å²) in [6.07, 6.45) is 2.88. The Morgan fingerprint density at radius 2 is 1.91 bits per heavy atom. The monoisotopic (exact) mass is 466 g/mol. The molecule has 1 aromatic heterocycles. The topological polar surface area (TPSA) is 108 Å². The molecule has 33 heavy (non-hydrogen) atoms. The number of nitrogens with one attached hydrogen (secondary N) is 3. The van der Waals surface area contributed by atoms with Gasteiger partial charge < -0.3 is 25.6 Å². The standard InChI is InChI=1S/C23H23ClN6O3/c1-14(31)26-17-6-3-4-7-18(17)27-22-16(24)13-25-23(29-22)28-19-10-9-15(12-20(19)33-2)30-11-5-8-21(30)32/h3-4,6-7,9-10,12-13H,5,8,11H2,1-2H3,(H,26,31)(H2,25,27,28,29). The number of carbonyl (C=O) groups excluding carboxylic acids is 2. The summed E-state index contributed by atoms with van der Waals surface area (Å²) in [5, 5.41) is 9.35. The van der Waals surface area contributed by atoms with Gasteiger partial charge in [0.1, 0.15) is 10.8 Å². The molecule has 2 heterocycles. The highest BCUT2D eigenvalue weighted by atomic mass is 35.5. The van der Waals surface area contributed by atoms with Gasteiger partial charge in [0.05, 0.1) is 30.4 Å². The van der Waals surface area contributed by atoms with Gasteiger partial charge in [0, 0.05) is 31.6 Å². The van der Waals surface area contributed by atoms with Crippen LogP contribution in [0.5, 0.6) is 5.75 Å². The second kappa shape index (κ2) is 9.74. The summed E-state index contributed by atoms with van der Waals surface area (Å²) in [5.41, 5.74) is 2.66. The predicted octanol–water partition coefficient (Wildman–Crippen LogP) is 4.71. The molecule has 0 saturated carbocycles. The van der Waals surface area contributed by atoms with E-state index in [4.69, 9.17) is 16.3 Å². The quantitative estimate of drug-likeness (QED) is 0.462. The van der Waals surface area contributed by atoms with E-state index in [1.165, 1.54) is 13.1 Å². The first-order valence-electron chi connectivity index (χ1n) is 10.4. The zero-order valence-corrected chi connectivity index (χ0v) is 18.9. The summed E-state index contributed by atoms with van der Waals surface area (Å²) >= 11 is 6.31. The van der Waals surface area contributed by atoms with E-state index in [1.54, 1.807) is 24.1 Å². The molecule has 1 aliphatic rings. The van der Waals surface area contributed by atoms with Crippen molar-refractivity contribution in [2.24, 2.45) is 0 Å². The van der Waals surface area contributed by atoms with E-state index in [-0.39, 0.29) is 11.8 Å². The lowest BCUT2D eigenvalue weighted by Gasteiger charge is -2.18. The summed E-state index contributed by atoms with van der Waals surface area (Å²) in [6.45, 7) is 2.14. The summed E-state index contributed by atoms with van der Waals surface area (Å²) in [5.74, 6) is 1.13. The van der Waals surface area contributed by atoms with Crippen LogP contribution in [0.3, 0.4) is 0 Å². The van der Waals surface area contributed by atoms with Crippen LogP contribution < -0.4 is 25.6 Å². The Kier molecular flexibility index (Phi) is 6.60. The maximum absolute atomic E-state index is 12.1. The number of carbonyl (C=O) groups is 2. The van der Waals surface area contributed by atoms with Gasteiger partial charge in [-0.2, -0.15) is 4.98 Å². The lowest BCUT2D eigenvalue weighted by molar-refractivity contribution is -0.117. The summed E-state index contributed by atoms with van der Waals surface area (Å²) in [4.78, 5) is 34.0. The van der Waals surface area contributed by atoms with E-state index in [9.17, 15) is 9.59 Å². The molecule has 9 nitrogen and oxygen atoms in total. The lowest BCUT2D eigenvalue weighted by Crippen LogP contribution is -2.23. The molecule has 10 heteroatoms. The number of hydrogen-bond donors (Lipinski definition) is 3. The minimum absolute atomic E-state index is 0.106. The Morgan fingerprint density at radius 3 is 2.61 bits per heavy atom. The minimum atomic E-state index is -0.188. The highest BCUT2D eigenvalue weighted by Crippen LogP contribution is 2.34. The molecule has 3 aromatic rings. The zero-order chi connectivity index (χ0) is 23.4. The van der Waals surface area contributed by atoms with Crippen molar-refractivity contribution in [2.75, 3.05) is 34.5 Å². The zero-order valence-electron chi connectivity index (χ0n) is 18.2. The van der Waals surface area contributed by atoms with Gasteiger partial charge in [0.25, 0.3) is 0 Å². The lowest BCUT2D eigenvalue weighted by atomic mass is 10.2. The van der Waals surface area contributed by atoms with Gasteiger partial charge in [-0.25, -0.2) is 4.98 Å². The average Bonchev–Trinajstić information content (AvgIpc) is 3.23. The molecule has 1 saturated heterocycles. The number of methoxy groups -OCH3 is 1. The second-order valence-corrected chi connectivity index (χ2v) is 7.81. The van der Waals surface area contributed by atoms with E-state index in [0.717, 1.165) is 12.1 Å². The van der Waals surface area contributed by atoms with Crippen LogP contribution in [0.4, 0.5) is 34.5 Å². The molecule has 2 amide bonds. The smallest absolute Gasteiger partial charge is 0.229 e. The number of ether oxygens (including phenoxy) is 1. The van der Waals surface area contributed by atoms with Crippen LogP contribution in [0.1, 0.15) is 19.8 Å². The number of amides is 2. The van der Waals surface area contributed by atoms with Gasteiger partial charge in [-0.05, 0) is 30.7 Å². The fourth-order valence-corrected chi connectivity index (χ4v) is 3.66. The van der Waals surface area contributed by atoms with Gasteiger partial charge in [-0.1, -0.05) is 23.7 Å². The van der Waals surface area contributed by atoms with Crippen LogP contribution in [0.15, 0.2) is 48.7 Å². The van der Waals surface area contributed by atoms with Crippen molar-refractivity contribution in [2.45, 2.75) is 19.8 Å². The van der Waals surface area contributed by atoms with Crippen molar-refractivity contribution < 1.29 is 14.3 Å². The molecule has 170 valence electrons. The number of rotatable bonds is 7. The van der Waals surface area contributed by atoms with Crippen LogP contribution in [0.2, 0.25) is 5.02 Å². The Hall–Kier alpha value is -3.85. The number of aromatic nitrogens is 2. The first kappa shape index (κ1) is 22.3. The molecule has 4 rings (SSSR count). The summed E-state index contributed by atoms with van der Waals surface area (Å²) in [6, 6.07) is 12.7. The van der Waals surface area contributed by atoms with E-state index in [2.05, 4.69) is 25.9 Å². The van der Waals surface area contributed by atoms with E-state index in [0.29, 0.717) is 52.6 Å². The molecule has 1 aliphatic heterocycles. The van der Waals surface area contributed by atoms with Gasteiger partial charge in [0.2, 0.25) is 17.8 Å². The van der Waals surface area contributed by atoms with Crippen molar-refractivity contribution in [3.63, 3.8) is 0 Å². The molecule has 0 aliphatic carbocycles. The Bertz CT molecular complexity index is 1200. The normalized spacial score (nSPS) is 13.1. The second-order valence-electron chi connectivity index (χ2n) is 7.40. The molecule has 0 atom stereocenters.